The summed E-state index contributed by atoms with van der Waals surface area (Å²) in [5.41, 5.74) is 2.41. The van der Waals surface area contributed by atoms with E-state index >= 15 is 0 Å². The van der Waals surface area contributed by atoms with E-state index in [-0.39, 0.29) is 11.9 Å². The maximum Gasteiger partial charge on any atom is 0.323 e. The molecule has 3 amide bonds. The van der Waals surface area contributed by atoms with Gasteiger partial charge in [-0.05, 0) is 12.1 Å². The monoisotopic (exact) mass is 298 g/mol. The molecular weight excluding hydrogens is 284 g/mol. The van der Waals surface area contributed by atoms with Crippen LogP contribution in [0.4, 0.5) is 10.6 Å². The molecule has 8 heteroatoms. The molecule has 2 aromatic rings. The topological polar surface area (TPSA) is 94.2 Å². The average Bonchev–Trinajstić information content (AvgIpc) is 3.22. The number of rotatable bonds is 2. The number of aromatic amines is 1. The van der Waals surface area contributed by atoms with Gasteiger partial charge in [0, 0.05) is 36.6 Å². The molecule has 8 nitrogen and oxygen atoms in total. The number of aromatic nitrogens is 3. The van der Waals surface area contributed by atoms with E-state index in [4.69, 9.17) is 0 Å². The van der Waals surface area contributed by atoms with Gasteiger partial charge in [0.2, 0.25) is 0 Å². The minimum atomic E-state index is -0.145. The summed E-state index contributed by atoms with van der Waals surface area (Å²) in [5, 5.41) is 9.93. The van der Waals surface area contributed by atoms with Crippen molar-refractivity contribution in [3.8, 4) is 0 Å². The Morgan fingerprint density at radius 1 is 1.23 bits per heavy atom. The van der Waals surface area contributed by atoms with Crippen LogP contribution in [0.5, 0.6) is 0 Å². The smallest absolute Gasteiger partial charge is 0.323 e. The highest BCUT2D eigenvalue weighted by atomic mass is 16.2. The van der Waals surface area contributed by atoms with Crippen LogP contribution >= 0.6 is 0 Å². The molecule has 2 aromatic heterocycles. The Bertz CT molecular complexity index is 741. The van der Waals surface area contributed by atoms with Gasteiger partial charge >= 0.3 is 6.03 Å². The lowest BCUT2D eigenvalue weighted by molar-refractivity contribution is 0.0749. The molecule has 0 spiro atoms. The van der Waals surface area contributed by atoms with Gasteiger partial charge in [0.25, 0.3) is 5.91 Å². The summed E-state index contributed by atoms with van der Waals surface area (Å²) < 4.78 is 0. The number of carbonyl (C=O) groups excluding carboxylic acids is 2. The number of urea groups is 1. The van der Waals surface area contributed by atoms with Crippen LogP contribution < -0.4 is 10.2 Å². The number of carbonyl (C=O) groups is 2. The van der Waals surface area contributed by atoms with Crippen molar-refractivity contribution in [1.82, 2.24) is 25.4 Å². The number of hydrogen-bond donors (Lipinski definition) is 2. The Morgan fingerprint density at radius 2 is 2.05 bits per heavy atom. The summed E-state index contributed by atoms with van der Waals surface area (Å²) in [6.07, 6.45) is 3.20. The zero-order valence-electron chi connectivity index (χ0n) is 11.7. The molecule has 0 aromatic carbocycles. The lowest BCUT2D eigenvalue weighted by Crippen LogP contribution is -2.30. The highest BCUT2D eigenvalue weighted by molar-refractivity contribution is 5.96. The summed E-state index contributed by atoms with van der Waals surface area (Å²) in [4.78, 5) is 31.5. The molecule has 2 aliphatic rings. The Balaban J connectivity index is 1.58. The Labute approximate surface area is 126 Å². The molecular formula is C14H14N6O2. The zero-order chi connectivity index (χ0) is 15.1. The molecule has 0 saturated carbocycles. The summed E-state index contributed by atoms with van der Waals surface area (Å²) in [7, 11) is 0. The van der Waals surface area contributed by atoms with Gasteiger partial charge < -0.3 is 10.2 Å². The van der Waals surface area contributed by atoms with Crippen molar-refractivity contribution in [2.45, 2.75) is 13.1 Å². The first kappa shape index (κ1) is 12.8. The number of fused-ring (bicyclic) bond motifs is 1. The predicted molar refractivity (Wildman–Crippen MR) is 77.1 cm³/mol. The van der Waals surface area contributed by atoms with Crippen LogP contribution in [0.25, 0.3) is 0 Å². The highest BCUT2D eigenvalue weighted by Gasteiger charge is 2.33. The van der Waals surface area contributed by atoms with Gasteiger partial charge in [-0.3, -0.25) is 19.8 Å². The molecule has 0 unspecified atom stereocenters. The van der Waals surface area contributed by atoms with Crippen LogP contribution in [0.2, 0.25) is 0 Å². The summed E-state index contributed by atoms with van der Waals surface area (Å²) in [6.45, 7) is 2.12. The minimum Gasteiger partial charge on any atom is -0.336 e. The van der Waals surface area contributed by atoms with E-state index in [0.29, 0.717) is 37.6 Å². The van der Waals surface area contributed by atoms with Crippen molar-refractivity contribution < 1.29 is 9.59 Å². The van der Waals surface area contributed by atoms with Gasteiger partial charge in [-0.25, -0.2) is 4.79 Å². The molecule has 4 rings (SSSR count). The number of pyridine rings is 1. The molecule has 2 aliphatic heterocycles. The molecule has 0 radical (unpaired) electrons. The second kappa shape index (κ2) is 4.83. The molecule has 22 heavy (non-hydrogen) atoms. The van der Waals surface area contributed by atoms with Gasteiger partial charge in [0.1, 0.15) is 0 Å². The molecule has 0 atom stereocenters. The lowest BCUT2D eigenvalue weighted by atomic mass is 10.2. The first-order chi connectivity index (χ1) is 10.7. The molecule has 1 fully saturated rings. The predicted octanol–water partition coefficient (Wildman–Crippen LogP) is 0.490. The third kappa shape index (κ3) is 1.92. The van der Waals surface area contributed by atoms with Gasteiger partial charge in [-0.1, -0.05) is 0 Å². The lowest BCUT2D eigenvalue weighted by Gasteiger charge is -2.17. The fraction of sp³-hybridized carbons (Fsp3) is 0.286. The third-order valence-electron chi connectivity index (χ3n) is 3.96. The first-order valence-corrected chi connectivity index (χ1v) is 7.05. The third-order valence-corrected chi connectivity index (χ3v) is 3.96. The van der Waals surface area contributed by atoms with E-state index in [2.05, 4.69) is 20.5 Å². The number of H-pyrrole nitrogens is 1. The van der Waals surface area contributed by atoms with Crippen LogP contribution in [0, 0.1) is 0 Å². The number of hydrogen-bond acceptors (Lipinski definition) is 4. The minimum absolute atomic E-state index is 0.0520. The van der Waals surface area contributed by atoms with E-state index < -0.39 is 0 Å². The number of nitrogens with zero attached hydrogens (tertiary/aromatic N) is 4. The summed E-state index contributed by atoms with van der Waals surface area (Å²) >= 11 is 0. The Kier molecular flexibility index (Phi) is 2.81. The number of nitrogens with one attached hydrogen (secondary N) is 2. The largest absolute Gasteiger partial charge is 0.336 e. The van der Waals surface area contributed by atoms with Crippen molar-refractivity contribution >= 4 is 17.8 Å². The Hall–Kier alpha value is -2.90. The normalized spacial score (nSPS) is 16.8. The summed E-state index contributed by atoms with van der Waals surface area (Å²) in [6, 6.07) is 3.25. The maximum absolute atomic E-state index is 12.5. The van der Waals surface area contributed by atoms with Crippen LogP contribution in [-0.2, 0) is 13.1 Å². The van der Waals surface area contributed by atoms with E-state index in [1.165, 1.54) is 0 Å². The van der Waals surface area contributed by atoms with Gasteiger partial charge in [-0.2, -0.15) is 5.10 Å². The fourth-order valence-corrected chi connectivity index (χ4v) is 2.84. The Morgan fingerprint density at radius 3 is 2.77 bits per heavy atom. The second-order valence-corrected chi connectivity index (χ2v) is 5.28. The molecule has 112 valence electrons. The second-order valence-electron chi connectivity index (χ2n) is 5.28. The van der Waals surface area contributed by atoms with Crippen molar-refractivity contribution in [2.75, 3.05) is 18.0 Å². The van der Waals surface area contributed by atoms with Crippen LogP contribution in [0.15, 0.2) is 24.5 Å². The van der Waals surface area contributed by atoms with E-state index in [1.807, 2.05) is 0 Å². The first-order valence-electron chi connectivity index (χ1n) is 7.05. The van der Waals surface area contributed by atoms with Crippen LogP contribution in [0.3, 0.4) is 0 Å². The SMILES string of the molecule is O=C(c1ccncc1)N1Cc2[nH]nc(N3CCNC3=O)c2C1. The van der Waals surface area contributed by atoms with Crippen LogP contribution in [0.1, 0.15) is 21.6 Å². The van der Waals surface area contributed by atoms with Crippen molar-refractivity contribution in [3.05, 3.63) is 41.3 Å². The van der Waals surface area contributed by atoms with Crippen molar-refractivity contribution in [2.24, 2.45) is 0 Å². The highest BCUT2D eigenvalue weighted by Crippen LogP contribution is 2.30. The quantitative estimate of drug-likeness (QED) is 0.843. The van der Waals surface area contributed by atoms with Crippen LogP contribution in [-0.4, -0.2) is 45.1 Å². The van der Waals surface area contributed by atoms with E-state index in [1.54, 1.807) is 34.3 Å². The molecule has 0 bridgehead atoms. The average molecular weight is 298 g/mol. The van der Waals surface area contributed by atoms with Crippen molar-refractivity contribution in [1.29, 1.82) is 0 Å². The van der Waals surface area contributed by atoms with Gasteiger partial charge in [0.15, 0.2) is 5.82 Å². The van der Waals surface area contributed by atoms with Gasteiger partial charge in [0.05, 0.1) is 18.8 Å². The molecule has 4 heterocycles. The van der Waals surface area contributed by atoms with E-state index in [0.717, 1.165) is 11.3 Å². The maximum atomic E-state index is 12.5. The standard InChI is InChI=1S/C14H14N6O2/c21-13(9-1-3-15-4-2-9)19-7-10-11(8-19)17-18-12(10)20-6-5-16-14(20)22/h1-4H,5-8H2,(H,16,22)(H,17,18). The number of amides is 3. The number of anilines is 1. The summed E-state index contributed by atoms with van der Waals surface area (Å²) in [5.74, 6) is 0.568. The molecule has 2 N–H and O–H groups in total. The van der Waals surface area contributed by atoms with Gasteiger partial charge in [-0.15, -0.1) is 0 Å². The molecule has 0 aliphatic carbocycles. The fourth-order valence-electron chi connectivity index (χ4n) is 2.84. The molecule has 1 saturated heterocycles. The van der Waals surface area contributed by atoms with E-state index in [9.17, 15) is 9.59 Å². The zero-order valence-corrected chi connectivity index (χ0v) is 11.7. The van der Waals surface area contributed by atoms with Crippen molar-refractivity contribution in [3.63, 3.8) is 0 Å².